The molecular weight excluding hydrogens is 248 g/mol. The second-order valence-corrected chi connectivity index (χ2v) is 4.14. The molecule has 0 aliphatic rings. The molecule has 0 spiro atoms. The van der Waals surface area contributed by atoms with E-state index in [1.165, 1.54) is 21.3 Å². The third kappa shape index (κ3) is 4.03. The van der Waals surface area contributed by atoms with Crippen molar-refractivity contribution in [3.8, 4) is 17.2 Å². The lowest BCUT2D eigenvalue weighted by molar-refractivity contribution is -0.116. The number of rotatable bonds is 6. The van der Waals surface area contributed by atoms with Crippen molar-refractivity contribution < 1.29 is 19.0 Å². The predicted octanol–water partition coefficient (Wildman–Crippen LogP) is 1.39. The number of benzene rings is 1. The maximum atomic E-state index is 11.7. The van der Waals surface area contributed by atoms with Gasteiger partial charge >= 0.3 is 0 Å². The Morgan fingerprint density at radius 2 is 1.68 bits per heavy atom. The molecule has 1 unspecified atom stereocenters. The van der Waals surface area contributed by atoms with E-state index in [1.807, 2.05) is 0 Å². The second-order valence-electron chi connectivity index (χ2n) is 4.14. The Hall–Kier alpha value is -1.95. The van der Waals surface area contributed by atoms with Gasteiger partial charge in [-0.05, 0) is 6.92 Å². The van der Waals surface area contributed by atoms with Gasteiger partial charge in [-0.1, -0.05) is 0 Å². The number of amides is 1. The highest BCUT2D eigenvalue weighted by atomic mass is 16.5. The van der Waals surface area contributed by atoms with Gasteiger partial charge in [0.1, 0.15) is 5.75 Å². The first-order chi connectivity index (χ1) is 9.01. The average Bonchev–Trinajstić information content (AvgIpc) is 2.37. The fourth-order valence-corrected chi connectivity index (χ4v) is 1.62. The molecule has 1 aromatic rings. The molecule has 0 saturated heterocycles. The van der Waals surface area contributed by atoms with Crippen LogP contribution in [0, 0.1) is 0 Å². The minimum absolute atomic E-state index is 0.180. The molecule has 0 radical (unpaired) electrons. The van der Waals surface area contributed by atoms with Gasteiger partial charge in [0.2, 0.25) is 5.91 Å². The van der Waals surface area contributed by atoms with Crippen LogP contribution in [0.2, 0.25) is 0 Å². The van der Waals surface area contributed by atoms with E-state index >= 15 is 0 Å². The highest BCUT2D eigenvalue weighted by Gasteiger charge is 2.14. The topological polar surface area (TPSA) is 82.8 Å². The van der Waals surface area contributed by atoms with E-state index in [0.29, 0.717) is 22.9 Å². The molecule has 106 valence electrons. The Labute approximate surface area is 112 Å². The predicted molar refractivity (Wildman–Crippen MR) is 73.0 cm³/mol. The van der Waals surface area contributed by atoms with Gasteiger partial charge in [-0.3, -0.25) is 4.79 Å². The Morgan fingerprint density at radius 1 is 1.16 bits per heavy atom. The summed E-state index contributed by atoms with van der Waals surface area (Å²) in [5.74, 6) is 1.36. The minimum Gasteiger partial charge on any atom is -0.494 e. The second kappa shape index (κ2) is 6.84. The molecule has 3 N–H and O–H groups in total. The van der Waals surface area contributed by atoms with Crippen molar-refractivity contribution in [3.63, 3.8) is 0 Å². The zero-order valence-electron chi connectivity index (χ0n) is 11.6. The van der Waals surface area contributed by atoms with Crippen LogP contribution < -0.4 is 25.3 Å². The van der Waals surface area contributed by atoms with Gasteiger partial charge in [-0.15, -0.1) is 0 Å². The van der Waals surface area contributed by atoms with Crippen LogP contribution in [0.4, 0.5) is 5.69 Å². The van der Waals surface area contributed by atoms with E-state index < -0.39 is 0 Å². The van der Waals surface area contributed by atoms with Gasteiger partial charge in [0.05, 0.1) is 27.0 Å². The number of anilines is 1. The summed E-state index contributed by atoms with van der Waals surface area (Å²) in [7, 11) is 4.58. The highest BCUT2D eigenvalue weighted by Crippen LogP contribution is 2.37. The average molecular weight is 268 g/mol. The molecule has 1 amide bonds. The van der Waals surface area contributed by atoms with Crippen LogP contribution in [-0.2, 0) is 4.79 Å². The minimum atomic E-state index is -0.203. The van der Waals surface area contributed by atoms with Crippen molar-refractivity contribution in [2.24, 2.45) is 5.73 Å². The third-order valence-electron chi connectivity index (χ3n) is 2.49. The van der Waals surface area contributed by atoms with E-state index in [1.54, 1.807) is 19.1 Å². The fourth-order valence-electron chi connectivity index (χ4n) is 1.62. The number of hydrogen-bond donors (Lipinski definition) is 2. The largest absolute Gasteiger partial charge is 0.494 e. The number of nitrogens with two attached hydrogens (primary N) is 1. The van der Waals surface area contributed by atoms with Crippen molar-refractivity contribution in [1.82, 2.24) is 0 Å². The zero-order valence-corrected chi connectivity index (χ0v) is 11.6. The van der Waals surface area contributed by atoms with Gasteiger partial charge in [0, 0.05) is 24.6 Å². The molecule has 0 aliphatic heterocycles. The molecule has 6 heteroatoms. The van der Waals surface area contributed by atoms with E-state index in [2.05, 4.69) is 5.32 Å². The number of carbonyl (C=O) groups is 1. The Morgan fingerprint density at radius 3 is 2.16 bits per heavy atom. The number of ether oxygens (including phenoxy) is 3. The summed E-state index contributed by atoms with van der Waals surface area (Å²) in [5.41, 5.74) is 6.10. The molecule has 0 bridgehead atoms. The van der Waals surface area contributed by atoms with Crippen molar-refractivity contribution >= 4 is 11.6 Å². The summed E-state index contributed by atoms with van der Waals surface area (Å²) >= 11 is 0. The first-order valence-corrected chi connectivity index (χ1v) is 5.87. The highest BCUT2D eigenvalue weighted by molar-refractivity contribution is 5.93. The maximum Gasteiger partial charge on any atom is 0.226 e. The Balaban J connectivity index is 3.01. The van der Waals surface area contributed by atoms with Gasteiger partial charge in [-0.2, -0.15) is 0 Å². The van der Waals surface area contributed by atoms with Crippen LogP contribution in [0.15, 0.2) is 12.1 Å². The van der Waals surface area contributed by atoms with Gasteiger partial charge in [0.15, 0.2) is 11.5 Å². The zero-order chi connectivity index (χ0) is 14.4. The van der Waals surface area contributed by atoms with Crippen LogP contribution in [0.3, 0.4) is 0 Å². The molecule has 1 rings (SSSR count). The smallest absolute Gasteiger partial charge is 0.226 e. The summed E-state index contributed by atoms with van der Waals surface area (Å²) in [6.45, 7) is 1.77. The summed E-state index contributed by atoms with van der Waals surface area (Å²) in [6, 6.07) is 3.10. The molecule has 0 fully saturated rings. The maximum absolute atomic E-state index is 11.7. The van der Waals surface area contributed by atoms with Crippen LogP contribution in [0.25, 0.3) is 0 Å². The molecule has 6 nitrogen and oxygen atoms in total. The Bertz CT molecular complexity index is 447. The lowest BCUT2D eigenvalue weighted by Gasteiger charge is -2.15. The van der Waals surface area contributed by atoms with Gasteiger partial charge in [0.25, 0.3) is 0 Å². The lowest BCUT2D eigenvalue weighted by Crippen LogP contribution is -2.24. The van der Waals surface area contributed by atoms with Crippen molar-refractivity contribution in [2.75, 3.05) is 26.6 Å². The van der Waals surface area contributed by atoms with Crippen LogP contribution in [-0.4, -0.2) is 33.3 Å². The summed E-state index contributed by atoms with van der Waals surface area (Å²) < 4.78 is 15.6. The number of hydrogen-bond acceptors (Lipinski definition) is 5. The molecule has 19 heavy (non-hydrogen) atoms. The molecule has 0 aliphatic carbocycles. The van der Waals surface area contributed by atoms with Gasteiger partial charge < -0.3 is 25.3 Å². The number of carbonyl (C=O) groups excluding carboxylic acids is 1. The van der Waals surface area contributed by atoms with Crippen molar-refractivity contribution in [3.05, 3.63) is 12.1 Å². The quantitative estimate of drug-likeness (QED) is 0.814. The summed E-state index contributed by atoms with van der Waals surface area (Å²) in [4.78, 5) is 11.7. The summed E-state index contributed by atoms with van der Waals surface area (Å²) in [6.07, 6.45) is 0.234. The van der Waals surface area contributed by atoms with Crippen molar-refractivity contribution in [2.45, 2.75) is 19.4 Å². The molecule has 1 aromatic carbocycles. The Kier molecular flexibility index (Phi) is 5.44. The van der Waals surface area contributed by atoms with Crippen molar-refractivity contribution in [1.29, 1.82) is 0 Å². The SMILES string of the molecule is COc1cc(OC)c(OC)cc1NC(=O)CC(C)N. The molecular formula is C13H20N2O4. The first kappa shape index (κ1) is 15.1. The molecule has 0 saturated carbocycles. The molecule has 1 atom stereocenters. The fraction of sp³-hybridized carbons (Fsp3) is 0.462. The third-order valence-corrected chi connectivity index (χ3v) is 2.49. The lowest BCUT2D eigenvalue weighted by atomic mass is 10.2. The summed E-state index contributed by atoms with van der Waals surface area (Å²) in [5, 5.41) is 2.74. The normalized spacial score (nSPS) is 11.6. The molecule has 0 aromatic heterocycles. The standard InChI is InChI=1S/C13H20N2O4/c1-8(14)5-13(16)15-9-6-11(18-3)12(19-4)7-10(9)17-2/h6-8H,5,14H2,1-4H3,(H,15,16). The van der Waals surface area contributed by atoms with E-state index in [0.717, 1.165) is 0 Å². The van der Waals surface area contributed by atoms with Crippen LogP contribution >= 0.6 is 0 Å². The van der Waals surface area contributed by atoms with E-state index in [4.69, 9.17) is 19.9 Å². The van der Waals surface area contributed by atoms with E-state index in [9.17, 15) is 4.79 Å². The van der Waals surface area contributed by atoms with E-state index in [-0.39, 0.29) is 18.4 Å². The van der Waals surface area contributed by atoms with Crippen LogP contribution in [0.5, 0.6) is 17.2 Å². The number of methoxy groups -OCH3 is 3. The molecule has 0 heterocycles. The monoisotopic (exact) mass is 268 g/mol. The van der Waals surface area contributed by atoms with Crippen LogP contribution in [0.1, 0.15) is 13.3 Å². The first-order valence-electron chi connectivity index (χ1n) is 5.87. The van der Waals surface area contributed by atoms with Gasteiger partial charge in [-0.25, -0.2) is 0 Å². The number of nitrogens with one attached hydrogen (secondary N) is 1.